The fourth-order valence-corrected chi connectivity index (χ4v) is 2.77. The molecule has 0 saturated carbocycles. The minimum absolute atomic E-state index is 0.295. The topological polar surface area (TPSA) is 49.3 Å². The Balaban J connectivity index is 0.00000249. The fraction of sp³-hybridized carbons (Fsp3) is 0.370. The number of allylic oxidation sites excluding steroid dienone is 1. The van der Waals surface area contributed by atoms with E-state index in [0.717, 1.165) is 39.7 Å². The first-order valence-electron chi connectivity index (χ1n) is 10.8. The van der Waals surface area contributed by atoms with E-state index in [0.29, 0.717) is 19.8 Å². The summed E-state index contributed by atoms with van der Waals surface area (Å²) in [5.74, 6) is 8.39. The van der Waals surface area contributed by atoms with Crippen LogP contribution in [0.4, 0.5) is 0 Å². The summed E-state index contributed by atoms with van der Waals surface area (Å²) in [6.07, 6.45) is 3.94. The van der Waals surface area contributed by atoms with E-state index in [9.17, 15) is 0 Å². The third-order valence-electron chi connectivity index (χ3n) is 4.24. The Morgan fingerprint density at radius 3 is 2.06 bits per heavy atom. The molecule has 2 aromatic carbocycles. The predicted octanol–water partition coefficient (Wildman–Crippen LogP) is 6.12. The molecule has 172 valence electrons. The molecule has 0 unspecified atom stereocenters. The van der Waals surface area contributed by atoms with Crippen molar-refractivity contribution in [3.05, 3.63) is 65.2 Å². The lowest BCUT2D eigenvalue weighted by Crippen LogP contribution is -2.01. The molecule has 0 heterocycles. The zero-order chi connectivity index (χ0) is 23.8. The maximum Gasteiger partial charge on any atom is 0.149 e. The highest BCUT2D eigenvalue weighted by molar-refractivity contribution is 5.98. The van der Waals surface area contributed by atoms with Crippen molar-refractivity contribution in [2.45, 2.75) is 41.5 Å². The lowest BCUT2D eigenvalue weighted by molar-refractivity contribution is 0.213. The lowest BCUT2D eigenvalue weighted by atomic mass is 10.1. The third kappa shape index (κ3) is 9.18. The van der Waals surface area contributed by atoms with Gasteiger partial charge in [-0.25, -0.2) is 0 Å². The Bertz CT molecular complexity index is 911. The van der Waals surface area contributed by atoms with E-state index in [1.54, 1.807) is 0 Å². The van der Waals surface area contributed by atoms with Crippen LogP contribution in [0.15, 0.2) is 53.7 Å². The molecular formula is C27H35NO4. The molecule has 0 aliphatic carbocycles. The van der Waals surface area contributed by atoms with Crippen molar-refractivity contribution in [1.29, 1.82) is 0 Å². The van der Waals surface area contributed by atoms with Crippen LogP contribution in [0.5, 0.6) is 17.2 Å². The first kappa shape index (κ1) is 26.6. The first-order valence-corrected chi connectivity index (χ1v) is 10.8. The smallest absolute Gasteiger partial charge is 0.149 e. The molecule has 0 spiro atoms. The molecule has 0 aliphatic heterocycles. The number of benzene rings is 2. The molecule has 0 aromatic heterocycles. The second-order valence-electron chi connectivity index (χ2n) is 6.58. The van der Waals surface area contributed by atoms with Gasteiger partial charge in [-0.05, 0) is 80.8 Å². The maximum absolute atomic E-state index is 5.84. The molecule has 0 bridgehead atoms. The van der Waals surface area contributed by atoms with E-state index in [-0.39, 0.29) is 0 Å². The Morgan fingerprint density at radius 1 is 0.906 bits per heavy atom. The van der Waals surface area contributed by atoms with E-state index in [1.165, 1.54) is 7.11 Å². The molecule has 0 amide bonds. The van der Waals surface area contributed by atoms with Crippen LogP contribution in [-0.2, 0) is 4.84 Å². The number of hydrogen-bond acceptors (Lipinski definition) is 5. The monoisotopic (exact) mass is 437 g/mol. The molecule has 0 saturated heterocycles. The summed E-state index contributed by atoms with van der Waals surface area (Å²) in [6, 6.07) is 11.6. The van der Waals surface area contributed by atoms with Crippen LogP contribution < -0.4 is 14.2 Å². The highest BCUT2D eigenvalue weighted by Crippen LogP contribution is 2.28. The maximum atomic E-state index is 5.84. The summed E-state index contributed by atoms with van der Waals surface area (Å²) in [7, 11) is 1.53. The fourth-order valence-electron chi connectivity index (χ4n) is 2.77. The molecule has 0 radical (unpaired) electrons. The van der Waals surface area contributed by atoms with E-state index >= 15 is 0 Å². The van der Waals surface area contributed by atoms with Gasteiger partial charge in [0, 0.05) is 0 Å². The Labute approximate surface area is 193 Å². The minimum atomic E-state index is 0.295. The average Bonchev–Trinajstić information content (AvgIpc) is 2.79. The van der Waals surface area contributed by atoms with Gasteiger partial charge in [-0.2, -0.15) is 0 Å². The molecular weight excluding hydrogens is 402 g/mol. The van der Waals surface area contributed by atoms with Crippen LogP contribution in [-0.4, -0.2) is 32.6 Å². The quantitative estimate of drug-likeness (QED) is 0.205. The SMILES string of the molecule is C/C=C/COc1cc(C)c(OCC#CCOc2ccc(/C(C)=N\OC)cc2)c(C)c1.CC. The van der Waals surface area contributed by atoms with Crippen molar-refractivity contribution in [1.82, 2.24) is 0 Å². The number of aryl methyl sites for hydroxylation is 2. The number of hydrogen-bond donors (Lipinski definition) is 0. The summed E-state index contributed by atoms with van der Waals surface area (Å²) in [5, 5.41) is 3.91. The van der Waals surface area contributed by atoms with Crippen LogP contribution in [0.1, 0.15) is 44.4 Å². The molecule has 0 aliphatic rings. The van der Waals surface area contributed by atoms with Gasteiger partial charge < -0.3 is 19.0 Å². The van der Waals surface area contributed by atoms with E-state index in [4.69, 9.17) is 19.0 Å². The Hall–Kier alpha value is -3.39. The number of ether oxygens (including phenoxy) is 3. The second-order valence-corrected chi connectivity index (χ2v) is 6.58. The predicted molar refractivity (Wildman–Crippen MR) is 132 cm³/mol. The Morgan fingerprint density at radius 2 is 1.50 bits per heavy atom. The van der Waals surface area contributed by atoms with Crippen LogP contribution in [0.2, 0.25) is 0 Å². The van der Waals surface area contributed by atoms with Crippen LogP contribution in [0.3, 0.4) is 0 Å². The van der Waals surface area contributed by atoms with Gasteiger partial charge in [0.15, 0.2) is 0 Å². The van der Waals surface area contributed by atoms with Crippen molar-refractivity contribution in [3.63, 3.8) is 0 Å². The summed E-state index contributed by atoms with van der Waals surface area (Å²) < 4.78 is 17.2. The minimum Gasteiger partial charge on any atom is -0.490 e. The van der Waals surface area contributed by atoms with Gasteiger partial charge in [-0.3, -0.25) is 0 Å². The van der Waals surface area contributed by atoms with E-state index < -0.39 is 0 Å². The van der Waals surface area contributed by atoms with Crippen LogP contribution in [0.25, 0.3) is 0 Å². The molecule has 2 rings (SSSR count). The zero-order valence-corrected chi connectivity index (χ0v) is 20.3. The van der Waals surface area contributed by atoms with Crippen molar-refractivity contribution in [2.75, 3.05) is 26.9 Å². The third-order valence-corrected chi connectivity index (χ3v) is 4.24. The standard InChI is InChI=1S/C25H29NO4.C2H6/c1-6-7-14-29-24-17-19(2)25(20(3)18-24)30-16-9-8-15-28-23-12-10-22(11-13-23)21(4)26-27-5;1-2/h6-7,10-13,17-18H,14-16H2,1-5H3;1-2H3/b7-6+,26-21-;. The molecule has 5 heteroatoms. The van der Waals surface area contributed by atoms with Crippen LogP contribution >= 0.6 is 0 Å². The van der Waals surface area contributed by atoms with Crippen LogP contribution in [0, 0.1) is 25.7 Å². The van der Waals surface area contributed by atoms with Gasteiger partial charge in [0.05, 0.1) is 5.71 Å². The number of oxime groups is 1. The zero-order valence-electron chi connectivity index (χ0n) is 20.3. The molecule has 2 aromatic rings. The highest BCUT2D eigenvalue weighted by Gasteiger charge is 2.06. The summed E-state index contributed by atoms with van der Waals surface area (Å²) in [5.41, 5.74) is 3.84. The van der Waals surface area contributed by atoms with Gasteiger partial charge in [-0.15, -0.1) is 0 Å². The average molecular weight is 438 g/mol. The number of nitrogens with zero attached hydrogens (tertiary/aromatic N) is 1. The Kier molecular flexibility index (Phi) is 12.8. The molecule has 0 atom stereocenters. The van der Waals surface area contributed by atoms with E-state index in [1.807, 2.05) is 90.1 Å². The van der Waals surface area contributed by atoms with Gasteiger partial charge in [0.2, 0.25) is 0 Å². The molecule has 5 nitrogen and oxygen atoms in total. The van der Waals surface area contributed by atoms with Gasteiger partial charge in [-0.1, -0.05) is 43.0 Å². The van der Waals surface area contributed by atoms with Crippen molar-refractivity contribution >= 4 is 5.71 Å². The summed E-state index contributed by atoms with van der Waals surface area (Å²) >= 11 is 0. The molecule has 0 fully saturated rings. The molecule has 0 N–H and O–H groups in total. The van der Waals surface area contributed by atoms with Crippen molar-refractivity contribution < 1.29 is 19.0 Å². The first-order chi connectivity index (χ1) is 15.5. The van der Waals surface area contributed by atoms with Crippen molar-refractivity contribution in [2.24, 2.45) is 5.16 Å². The lowest BCUT2D eigenvalue weighted by Gasteiger charge is -2.12. The summed E-state index contributed by atoms with van der Waals surface area (Å²) in [4.78, 5) is 4.78. The summed E-state index contributed by atoms with van der Waals surface area (Å²) in [6.45, 7) is 13.0. The van der Waals surface area contributed by atoms with Gasteiger partial charge in [0.25, 0.3) is 0 Å². The highest BCUT2D eigenvalue weighted by atomic mass is 16.6. The normalized spacial score (nSPS) is 10.5. The molecule has 32 heavy (non-hydrogen) atoms. The van der Waals surface area contributed by atoms with Crippen molar-refractivity contribution in [3.8, 4) is 29.1 Å². The largest absolute Gasteiger partial charge is 0.490 e. The van der Waals surface area contributed by atoms with Gasteiger partial charge in [0.1, 0.15) is 44.2 Å². The van der Waals surface area contributed by atoms with Gasteiger partial charge >= 0.3 is 0 Å². The number of rotatable bonds is 9. The second kappa shape index (κ2) is 15.4. The van der Waals surface area contributed by atoms with E-state index in [2.05, 4.69) is 17.0 Å².